The summed E-state index contributed by atoms with van der Waals surface area (Å²) < 4.78 is 29.4. The molecule has 0 saturated heterocycles. The summed E-state index contributed by atoms with van der Waals surface area (Å²) in [5, 5.41) is 3.95. The number of hydrogen-bond acceptors (Lipinski definition) is 5. The van der Waals surface area contributed by atoms with Crippen LogP contribution in [0, 0.1) is 0 Å². The number of aromatic nitrogens is 1. The first-order valence-electron chi connectivity index (χ1n) is 5.82. The summed E-state index contributed by atoms with van der Waals surface area (Å²) in [6.07, 6.45) is 2.88. The Bertz CT molecular complexity index is 749. The van der Waals surface area contributed by atoms with E-state index in [0.717, 1.165) is 0 Å². The Kier molecular flexibility index (Phi) is 4.77. The molecular weight excluding hydrogens is 314 g/mol. The Labute approximate surface area is 127 Å². The molecule has 0 radical (unpaired) electrons. The van der Waals surface area contributed by atoms with Gasteiger partial charge in [-0.2, -0.15) is 18.4 Å². The number of sulfonamides is 1. The predicted molar refractivity (Wildman–Crippen MR) is 80.2 cm³/mol. The van der Waals surface area contributed by atoms with Gasteiger partial charge in [-0.3, -0.25) is 4.98 Å². The third-order valence-corrected chi connectivity index (χ3v) is 3.95. The van der Waals surface area contributed by atoms with Crippen LogP contribution in [0.4, 0.5) is 0 Å². The average Bonchev–Trinajstić information content (AvgIpc) is 2.48. The molecule has 1 aromatic heterocycles. The Morgan fingerprint density at radius 1 is 1.33 bits per heavy atom. The second-order valence-corrected chi connectivity index (χ2v) is 5.97. The lowest BCUT2D eigenvalue weighted by Crippen LogP contribution is -2.19. The summed E-state index contributed by atoms with van der Waals surface area (Å²) in [5.41, 5.74) is 0.526. The van der Waals surface area contributed by atoms with Gasteiger partial charge in [-0.1, -0.05) is 17.7 Å². The number of pyridine rings is 1. The van der Waals surface area contributed by atoms with Gasteiger partial charge >= 0.3 is 0 Å². The zero-order valence-electron chi connectivity index (χ0n) is 11.0. The number of ether oxygens (including phenoxy) is 1. The molecule has 110 valence electrons. The number of hydrazone groups is 1. The number of rotatable bonds is 5. The normalized spacial score (nSPS) is 11.5. The molecule has 1 heterocycles. The van der Waals surface area contributed by atoms with Crippen LogP contribution in [-0.2, 0) is 10.0 Å². The van der Waals surface area contributed by atoms with E-state index >= 15 is 0 Å². The van der Waals surface area contributed by atoms with Crippen LogP contribution < -0.4 is 9.57 Å². The predicted octanol–water partition coefficient (Wildman–Crippen LogP) is 2.06. The van der Waals surface area contributed by atoms with Gasteiger partial charge in [0.2, 0.25) is 0 Å². The summed E-state index contributed by atoms with van der Waals surface area (Å²) >= 11 is 5.81. The first kappa shape index (κ1) is 15.3. The summed E-state index contributed by atoms with van der Waals surface area (Å²) in [4.78, 5) is 5.99. The molecule has 2 aromatic rings. The van der Waals surface area contributed by atoms with E-state index in [1.807, 2.05) is 0 Å². The van der Waals surface area contributed by atoms with Gasteiger partial charge in [0.1, 0.15) is 10.6 Å². The molecule has 0 unspecified atom stereocenters. The molecule has 0 amide bonds. The topological polar surface area (TPSA) is 80.7 Å². The minimum atomic E-state index is -3.88. The fourth-order valence-corrected chi connectivity index (χ4v) is 2.75. The van der Waals surface area contributed by atoms with Crippen LogP contribution in [0.25, 0.3) is 0 Å². The Balaban J connectivity index is 2.23. The highest BCUT2D eigenvalue weighted by molar-refractivity contribution is 7.89. The molecule has 2 rings (SSSR count). The monoisotopic (exact) mass is 325 g/mol. The van der Waals surface area contributed by atoms with Gasteiger partial charge in [0.15, 0.2) is 0 Å². The highest BCUT2D eigenvalue weighted by Gasteiger charge is 2.19. The molecule has 8 heteroatoms. The van der Waals surface area contributed by atoms with Gasteiger partial charge in [0.05, 0.1) is 19.0 Å². The molecule has 0 fully saturated rings. The minimum Gasteiger partial charge on any atom is -0.495 e. The van der Waals surface area contributed by atoms with Crippen LogP contribution in [0.2, 0.25) is 5.02 Å². The third-order valence-electron chi connectivity index (χ3n) is 2.47. The largest absolute Gasteiger partial charge is 0.495 e. The Morgan fingerprint density at radius 2 is 2.14 bits per heavy atom. The second kappa shape index (κ2) is 6.55. The fourth-order valence-electron chi connectivity index (χ4n) is 1.52. The highest BCUT2D eigenvalue weighted by atomic mass is 35.5. The van der Waals surface area contributed by atoms with Crippen LogP contribution in [-0.4, -0.2) is 26.7 Å². The number of benzene rings is 1. The van der Waals surface area contributed by atoms with Crippen LogP contribution in [0.5, 0.6) is 5.75 Å². The standard InChI is InChI=1S/C13H12ClN3O3S/c1-20-12-6-5-10(14)8-13(12)21(18,19)17-16-9-11-4-2-3-7-15-11/h2-9,17H,1H3/b16-9+. The van der Waals surface area contributed by atoms with Gasteiger partial charge in [-0.15, -0.1) is 0 Å². The first-order valence-corrected chi connectivity index (χ1v) is 7.68. The SMILES string of the molecule is COc1ccc(Cl)cc1S(=O)(=O)N/N=C/c1ccccn1. The summed E-state index contributed by atoms with van der Waals surface area (Å²) in [6, 6.07) is 9.51. The Morgan fingerprint density at radius 3 is 2.81 bits per heavy atom. The number of methoxy groups -OCH3 is 1. The maximum atomic E-state index is 12.2. The quantitative estimate of drug-likeness (QED) is 0.674. The van der Waals surface area contributed by atoms with E-state index in [-0.39, 0.29) is 15.7 Å². The number of halogens is 1. The van der Waals surface area contributed by atoms with E-state index in [9.17, 15) is 8.42 Å². The van der Waals surface area contributed by atoms with Gasteiger partial charge in [0.25, 0.3) is 10.0 Å². The van der Waals surface area contributed by atoms with Crippen molar-refractivity contribution in [1.82, 2.24) is 9.82 Å². The average molecular weight is 326 g/mol. The number of hydrogen-bond donors (Lipinski definition) is 1. The first-order chi connectivity index (χ1) is 10.0. The lowest BCUT2D eigenvalue weighted by molar-refractivity contribution is 0.402. The lowest BCUT2D eigenvalue weighted by atomic mass is 10.3. The number of nitrogens with one attached hydrogen (secondary N) is 1. The maximum absolute atomic E-state index is 12.2. The van der Waals surface area contributed by atoms with Crippen LogP contribution in [0.15, 0.2) is 52.6 Å². The molecule has 0 atom stereocenters. The molecule has 1 N–H and O–H groups in total. The van der Waals surface area contributed by atoms with E-state index in [0.29, 0.717) is 5.69 Å². The molecule has 0 aliphatic rings. The maximum Gasteiger partial charge on any atom is 0.280 e. The van der Waals surface area contributed by atoms with Crippen molar-refractivity contribution in [2.45, 2.75) is 4.90 Å². The van der Waals surface area contributed by atoms with Gasteiger partial charge in [-0.25, -0.2) is 0 Å². The van der Waals surface area contributed by atoms with Crippen molar-refractivity contribution in [1.29, 1.82) is 0 Å². The van der Waals surface area contributed by atoms with Crippen molar-refractivity contribution in [3.63, 3.8) is 0 Å². The van der Waals surface area contributed by atoms with Crippen LogP contribution in [0.3, 0.4) is 0 Å². The molecule has 1 aromatic carbocycles. The molecule has 6 nitrogen and oxygen atoms in total. The second-order valence-electron chi connectivity index (χ2n) is 3.90. The smallest absolute Gasteiger partial charge is 0.280 e. The van der Waals surface area contributed by atoms with E-state index in [4.69, 9.17) is 16.3 Å². The van der Waals surface area contributed by atoms with E-state index in [1.54, 1.807) is 24.4 Å². The molecule has 0 bridgehead atoms. The van der Waals surface area contributed by atoms with Gasteiger partial charge in [-0.05, 0) is 30.3 Å². The van der Waals surface area contributed by atoms with Crippen molar-refractivity contribution >= 4 is 27.8 Å². The number of nitrogens with zero attached hydrogens (tertiary/aromatic N) is 2. The molecule has 0 saturated carbocycles. The zero-order chi connectivity index (χ0) is 15.3. The molecule has 0 aliphatic carbocycles. The van der Waals surface area contributed by atoms with E-state index in [1.165, 1.54) is 31.5 Å². The van der Waals surface area contributed by atoms with Gasteiger partial charge in [0, 0.05) is 11.2 Å². The molecular formula is C13H12ClN3O3S. The van der Waals surface area contributed by atoms with Crippen molar-refractivity contribution < 1.29 is 13.2 Å². The summed E-state index contributed by atoms with van der Waals surface area (Å²) in [6.45, 7) is 0. The van der Waals surface area contributed by atoms with E-state index in [2.05, 4.69) is 14.9 Å². The van der Waals surface area contributed by atoms with Crippen LogP contribution in [0.1, 0.15) is 5.69 Å². The van der Waals surface area contributed by atoms with Crippen molar-refractivity contribution in [3.8, 4) is 5.75 Å². The summed E-state index contributed by atoms with van der Waals surface area (Å²) in [5.74, 6) is 0.180. The summed E-state index contributed by atoms with van der Waals surface area (Å²) in [7, 11) is -2.51. The molecule has 0 aliphatic heterocycles. The molecule has 21 heavy (non-hydrogen) atoms. The van der Waals surface area contributed by atoms with Crippen molar-refractivity contribution in [2.75, 3.05) is 7.11 Å². The zero-order valence-corrected chi connectivity index (χ0v) is 12.6. The van der Waals surface area contributed by atoms with Crippen molar-refractivity contribution in [3.05, 3.63) is 53.3 Å². The minimum absolute atomic E-state index is 0.0873. The fraction of sp³-hybridized carbons (Fsp3) is 0.0769. The van der Waals surface area contributed by atoms with Gasteiger partial charge < -0.3 is 4.74 Å². The molecule has 0 spiro atoms. The lowest BCUT2D eigenvalue weighted by Gasteiger charge is -2.08. The van der Waals surface area contributed by atoms with E-state index < -0.39 is 10.0 Å². The van der Waals surface area contributed by atoms with Crippen molar-refractivity contribution in [2.24, 2.45) is 5.10 Å². The Hall–Kier alpha value is -2.12. The van der Waals surface area contributed by atoms with Crippen LogP contribution >= 0.6 is 11.6 Å². The highest BCUT2D eigenvalue weighted by Crippen LogP contribution is 2.26. The third kappa shape index (κ3) is 3.93.